The molecule has 0 saturated carbocycles. The largest absolute Gasteiger partial charge is 0.480 e. The van der Waals surface area contributed by atoms with Crippen LogP contribution in [0.1, 0.15) is 27.0 Å². The number of hydrogen-bond donors (Lipinski definition) is 2. The first kappa shape index (κ1) is 11.7. The Hall–Kier alpha value is -1.36. The molecule has 1 amide bonds. The minimum absolute atomic E-state index is 0.327. The molecule has 1 unspecified atom stereocenters. The summed E-state index contributed by atoms with van der Waals surface area (Å²) in [7, 11) is 0. The average Bonchev–Trinajstić information content (AvgIpc) is 2.44. The Morgan fingerprint density at radius 2 is 2.07 bits per heavy atom. The van der Waals surface area contributed by atoms with Crippen molar-refractivity contribution in [2.24, 2.45) is 0 Å². The highest BCUT2D eigenvalue weighted by molar-refractivity contribution is 7.12. The summed E-state index contributed by atoms with van der Waals surface area (Å²) in [5, 5.41) is 11.1. The lowest BCUT2D eigenvalue weighted by Crippen LogP contribution is -2.38. The molecule has 0 saturated heterocycles. The molecule has 0 aliphatic heterocycles. The molecule has 1 aromatic rings. The van der Waals surface area contributed by atoms with Crippen LogP contribution in [-0.4, -0.2) is 23.0 Å². The van der Waals surface area contributed by atoms with E-state index in [1.165, 1.54) is 18.3 Å². The summed E-state index contributed by atoms with van der Waals surface area (Å²) < 4.78 is 0. The predicted octanol–water partition coefficient (Wildman–Crippen LogP) is 1.57. The lowest BCUT2D eigenvalue weighted by molar-refractivity contribution is -0.138. The van der Waals surface area contributed by atoms with Gasteiger partial charge in [-0.05, 0) is 26.8 Å². The number of aliphatic carboxylic acids is 1. The highest BCUT2D eigenvalue weighted by atomic mass is 32.1. The van der Waals surface area contributed by atoms with Crippen LogP contribution in [0.25, 0.3) is 0 Å². The molecule has 0 aliphatic rings. The number of aryl methyl sites for hydroxylation is 2. The Morgan fingerprint density at radius 3 is 2.47 bits per heavy atom. The van der Waals surface area contributed by atoms with Crippen LogP contribution < -0.4 is 5.32 Å². The number of hydrogen-bond acceptors (Lipinski definition) is 3. The fourth-order valence-electron chi connectivity index (χ4n) is 1.19. The molecule has 0 fully saturated rings. The lowest BCUT2D eigenvalue weighted by Gasteiger charge is -2.08. The van der Waals surface area contributed by atoms with E-state index in [0.29, 0.717) is 5.56 Å². The smallest absolute Gasteiger partial charge is 0.325 e. The fourth-order valence-corrected chi connectivity index (χ4v) is 2.11. The van der Waals surface area contributed by atoms with E-state index in [0.717, 1.165) is 9.75 Å². The van der Waals surface area contributed by atoms with Gasteiger partial charge >= 0.3 is 5.97 Å². The van der Waals surface area contributed by atoms with Gasteiger partial charge < -0.3 is 10.4 Å². The summed E-state index contributed by atoms with van der Waals surface area (Å²) >= 11 is 1.52. The molecule has 2 N–H and O–H groups in total. The molecule has 1 atom stereocenters. The normalized spacial score (nSPS) is 12.2. The molecular weight excluding hydrogens is 214 g/mol. The van der Waals surface area contributed by atoms with Crippen molar-refractivity contribution in [1.29, 1.82) is 0 Å². The quantitative estimate of drug-likeness (QED) is 0.823. The second kappa shape index (κ2) is 4.44. The van der Waals surface area contributed by atoms with E-state index < -0.39 is 12.0 Å². The second-order valence-electron chi connectivity index (χ2n) is 3.36. The first-order valence-electron chi connectivity index (χ1n) is 4.52. The number of carboxylic acids is 1. The van der Waals surface area contributed by atoms with E-state index in [4.69, 9.17) is 5.11 Å². The lowest BCUT2D eigenvalue weighted by atomic mass is 10.2. The first-order chi connectivity index (χ1) is 6.91. The van der Waals surface area contributed by atoms with E-state index in [1.807, 2.05) is 13.8 Å². The number of carboxylic acid groups (broad SMARTS) is 1. The van der Waals surface area contributed by atoms with Crippen LogP contribution >= 0.6 is 11.3 Å². The number of carbonyl (C=O) groups is 2. The Kier molecular flexibility index (Phi) is 3.47. The van der Waals surface area contributed by atoms with Gasteiger partial charge in [-0.3, -0.25) is 9.59 Å². The van der Waals surface area contributed by atoms with Crippen molar-refractivity contribution in [3.8, 4) is 0 Å². The first-order valence-corrected chi connectivity index (χ1v) is 5.34. The molecule has 15 heavy (non-hydrogen) atoms. The summed E-state index contributed by atoms with van der Waals surface area (Å²) in [5.41, 5.74) is 0.561. The molecule has 0 aliphatic carbocycles. The Balaban J connectivity index is 2.77. The summed E-state index contributed by atoms with van der Waals surface area (Å²) in [5.74, 6) is -1.36. The van der Waals surface area contributed by atoms with Gasteiger partial charge in [0.2, 0.25) is 0 Å². The summed E-state index contributed by atoms with van der Waals surface area (Å²) in [6.45, 7) is 5.20. The summed E-state index contributed by atoms with van der Waals surface area (Å²) in [6.07, 6.45) is 0. The van der Waals surface area contributed by atoms with E-state index >= 15 is 0 Å². The monoisotopic (exact) mass is 227 g/mol. The van der Waals surface area contributed by atoms with Crippen molar-refractivity contribution in [3.05, 3.63) is 21.4 Å². The molecule has 1 aromatic heterocycles. The molecule has 4 nitrogen and oxygen atoms in total. The Morgan fingerprint density at radius 1 is 1.47 bits per heavy atom. The van der Waals surface area contributed by atoms with Crippen molar-refractivity contribution < 1.29 is 14.7 Å². The zero-order valence-electron chi connectivity index (χ0n) is 8.83. The van der Waals surface area contributed by atoms with Crippen LogP contribution in [0.2, 0.25) is 0 Å². The predicted molar refractivity (Wildman–Crippen MR) is 58.4 cm³/mol. The molecule has 5 heteroatoms. The zero-order chi connectivity index (χ0) is 11.6. The van der Waals surface area contributed by atoms with Crippen LogP contribution in [-0.2, 0) is 4.79 Å². The van der Waals surface area contributed by atoms with Gasteiger partial charge in [0.25, 0.3) is 5.91 Å². The Labute approximate surface area is 91.9 Å². The summed E-state index contributed by atoms with van der Waals surface area (Å²) in [4.78, 5) is 24.1. The van der Waals surface area contributed by atoms with Crippen LogP contribution in [0.3, 0.4) is 0 Å². The van der Waals surface area contributed by atoms with E-state index in [2.05, 4.69) is 5.32 Å². The second-order valence-corrected chi connectivity index (χ2v) is 4.82. The number of amides is 1. The van der Waals surface area contributed by atoms with Crippen molar-refractivity contribution in [1.82, 2.24) is 5.32 Å². The molecule has 82 valence electrons. The van der Waals surface area contributed by atoms with Crippen LogP contribution in [0, 0.1) is 13.8 Å². The summed E-state index contributed by atoms with van der Waals surface area (Å²) in [6, 6.07) is 0.904. The van der Waals surface area contributed by atoms with Gasteiger partial charge in [0.05, 0.1) is 5.56 Å². The molecule has 1 rings (SSSR count). The maximum absolute atomic E-state index is 11.6. The van der Waals surface area contributed by atoms with Gasteiger partial charge in [-0.2, -0.15) is 0 Å². The third-order valence-electron chi connectivity index (χ3n) is 2.00. The van der Waals surface area contributed by atoms with E-state index in [9.17, 15) is 9.59 Å². The molecule has 0 bridgehead atoms. The minimum atomic E-state index is -1.03. The standard InChI is InChI=1S/C10H13NO3S/c1-5-4-8(7(3)15-5)9(12)11-6(2)10(13)14/h4,6H,1-3H3,(H,11,12)(H,13,14). The maximum Gasteiger partial charge on any atom is 0.325 e. The number of carbonyl (C=O) groups excluding carboxylic acids is 1. The topological polar surface area (TPSA) is 66.4 Å². The van der Waals surface area contributed by atoms with Gasteiger partial charge in [-0.1, -0.05) is 0 Å². The zero-order valence-corrected chi connectivity index (χ0v) is 9.64. The third kappa shape index (κ3) is 2.79. The van der Waals surface area contributed by atoms with Gasteiger partial charge in [-0.25, -0.2) is 0 Å². The van der Waals surface area contributed by atoms with E-state index in [1.54, 1.807) is 6.07 Å². The van der Waals surface area contributed by atoms with Gasteiger partial charge in [-0.15, -0.1) is 11.3 Å². The van der Waals surface area contributed by atoms with Crippen LogP contribution in [0.5, 0.6) is 0 Å². The number of thiophene rings is 1. The van der Waals surface area contributed by atoms with Gasteiger partial charge in [0.1, 0.15) is 6.04 Å². The average molecular weight is 227 g/mol. The van der Waals surface area contributed by atoms with E-state index in [-0.39, 0.29) is 5.91 Å². The highest BCUT2D eigenvalue weighted by Crippen LogP contribution is 2.20. The molecule has 0 radical (unpaired) electrons. The number of nitrogens with one attached hydrogen (secondary N) is 1. The molecule has 0 spiro atoms. The van der Waals surface area contributed by atoms with Gasteiger partial charge in [0.15, 0.2) is 0 Å². The molecular formula is C10H13NO3S. The Bertz CT molecular complexity index is 397. The third-order valence-corrected chi connectivity index (χ3v) is 2.97. The SMILES string of the molecule is Cc1cc(C(=O)NC(C)C(=O)O)c(C)s1. The maximum atomic E-state index is 11.6. The van der Waals surface area contributed by atoms with Crippen molar-refractivity contribution in [2.75, 3.05) is 0 Å². The van der Waals surface area contributed by atoms with Crippen LogP contribution in [0.15, 0.2) is 6.07 Å². The number of rotatable bonds is 3. The molecule has 1 heterocycles. The van der Waals surface area contributed by atoms with Crippen molar-refractivity contribution in [3.63, 3.8) is 0 Å². The minimum Gasteiger partial charge on any atom is -0.480 e. The van der Waals surface area contributed by atoms with Crippen molar-refractivity contribution >= 4 is 23.2 Å². The van der Waals surface area contributed by atoms with Crippen LogP contribution in [0.4, 0.5) is 0 Å². The molecule has 0 aromatic carbocycles. The highest BCUT2D eigenvalue weighted by Gasteiger charge is 2.17. The van der Waals surface area contributed by atoms with Crippen molar-refractivity contribution in [2.45, 2.75) is 26.8 Å². The van der Waals surface area contributed by atoms with Gasteiger partial charge in [0, 0.05) is 9.75 Å². The fraction of sp³-hybridized carbons (Fsp3) is 0.400.